The molecule has 25 heavy (non-hydrogen) atoms. The molecule has 0 saturated heterocycles. The van der Waals surface area contributed by atoms with E-state index in [9.17, 15) is 43.2 Å². The maximum atomic E-state index is 13.1. The van der Waals surface area contributed by atoms with Crippen molar-refractivity contribution in [2.24, 2.45) is 11.8 Å². The first-order valence-electron chi connectivity index (χ1n) is 7.76. The molecule has 1 aliphatic rings. The lowest BCUT2D eigenvalue weighted by atomic mass is 10.1. The molecule has 0 aromatic rings. The van der Waals surface area contributed by atoms with Crippen LogP contribution in [-0.4, -0.2) is 31.9 Å². The molecule has 0 amide bonds. The monoisotopic (exact) mass is 418 g/mol. The summed E-state index contributed by atoms with van der Waals surface area (Å²) in [6, 6.07) is 0. The SMILES string of the molecule is CCCC[C@@H]1[C@@H](CCCC)C1(S(=O)(=O)C(F)(F)F)S(=O)(=O)C(F)(F)F. The van der Waals surface area contributed by atoms with Crippen LogP contribution in [0.1, 0.15) is 52.4 Å². The van der Waals surface area contributed by atoms with Crippen molar-refractivity contribution < 1.29 is 43.2 Å². The lowest BCUT2D eigenvalue weighted by Gasteiger charge is -2.22. The van der Waals surface area contributed by atoms with Crippen LogP contribution in [0.3, 0.4) is 0 Å². The molecule has 1 rings (SSSR count). The summed E-state index contributed by atoms with van der Waals surface area (Å²) >= 11 is 0. The summed E-state index contributed by atoms with van der Waals surface area (Å²) in [6.07, 6.45) is 0.382. The van der Waals surface area contributed by atoms with E-state index in [0.29, 0.717) is 12.8 Å². The Morgan fingerprint density at radius 3 is 1.20 bits per heavy atom. The normalized spacial score (nSPS) is 24.3. The average molecular weight is 418 g/mol. The average Bonchev–Trinajstić information content (AvgIpc) is 3.09. The van der Waals surface area contributed by atoms with Crippen molar-refractivity contribution in [3.63, 3.8) is 0 Å². The van der Waals surface area contributed by atoms with Gasteiger partial charge in [0.25, 0.3) is 19.7 Å². The van der Waals surface area contributed by atoms with E-state index in [1.807, 2.05) is 0 Å². The van der Waals surface area contributed by atoms with Crippen LogP contribution in [0, 0.1) is 11.8 Å². The highest BCUT2D eigenvalue weighted by Crippen LogP contribution is 2.68. The van der Waals surface area contributed by atoms with Crippen LogP contribution in [0.25, 0.3) is 0 Å². The molecule has 0 heterocycles. The summed E-state index contributed by atoms with van der Waals surface area (Å²) in [4.78, 5) is 0. The topological polar surface area (TPSA) is 68.3 Å². The molecule has 0 bridgehead atoms. The summed E-state index contributed by atoms with van der Waals surface area (Å²) in [5.41, 5.74) is -12.2. The minimum atomic E-state index is -6.57. The zero-order valence-electron chi connectivity index (χ0n) is 13.6. The summed E-state index contributed by atoms with van der Waals surface area (Å²) in [5, 5.41) is 0. The van der Waals surface area contributed by atoms with Gasteiger partial charge in [-0.05, 0) is 24.7 Å². The van der Waals surface area contributed by atoms with Crippen molar-refractivity contribution in [2.75, 3.05) is 0 Å². The summed E-state index contributed by atoms with van der Waals surface area (Å²) in [5.74, 6) is -3.42. The molecule has 0 unspecified atom stereocenters. The van der Waals surface area contributed by atoms with Crippen LogP contribution in [0.2, 0.25) is 0 Å². The van der Waals surface area contributed by atoms with Gasteiger partial charge in [0.15, 0.2) is 4.08 Å². The van der Waals surface area contributed by atoms with Gasteiger partial charge < -0.3 is 0 Å². The van der Waals surface area contributed by atoms with Gasteiger partial charge in [-0.2, -0.15) is 26.3 Å². The summed E-state index contributed by atoms with van der Waals surface area (Å²) in [6.45, 7) is 3.23. The zero-order chi connectivity index (χ0) is 19.9. The first-order chi connectivity index (χ1) is 11.1. The molecule has 0 aromatic carbocycles. The molecule has 2 atom stereocenters. The maximum Gasteiger partial charge on any atom is 0.498 e. The molecule has 0 aromatic heterocycles. The van der Waals surface area contributed by atoms with Crippen LogP contribution in [0.15, 0.2) is 0 Å². The number of rotatable bonds is 8. The Labute approximate surface area is 142 Å². The van der Waals surface area contributed by atoms with E-state index < -0.39 is 46.6 Å². The van der Waals surface area contributed by atoms with Crippen molar-refractivity contribution in [3.05, 3.63) is 0 Å². The van der Waals surface area contributed by atoms with Gasteiger partial charge in [0, 0.05) is 0 Å². The van der Waals surface area contributed by atoms with Gasteiger partial charge >= 0.3 is 11.0 Å². The minimum Gasteiger partial charge on any atom is -0.218 e. The molecule has 1 aliphatic carbocycles. The molecule has 0 spiro atoms. The smallest absolute Gasteiger partial charge is 0.218 e. The van der Waals surface area contributed by atoms with Gasteiger partial charge in [-0.1, -0.05) is 39.5 Å². The van der Waals surface area contributed by atoms with Crippen molar-refractivity contribution in [1.29, 1.82) is 0 Å². The second-order valence-electron chi connectivity index (χ2n) is 6.12. The Hall–Kier alpha value is -0.520. The van der Waals surface area contributed by atoms with Crippen LogP contribution < -0.4 is 0 Å². The van der Waals surface area contributed by atoms with Crippen molar-refractivity contribution >= 4 is 19.7 Å². The number of alkyl halides is 6. The van der Waals surface area contributed by atoms with Crippen molar-refractivity contribution in [1.82, 2.24) is 0 Å². The molecule has 0 radical (unpaired) electrons. The van der Waals surface area contributed by atoms with E-state index in [1.54, 1.807) is 13.8 Å². The molecule has 12 heteroatoms. The van der Waals surface area contributed by atoms with Gasteiger partial charge in [0.1, 0.15) is 0 Å². The van der Waals surface area contributed by atoms with E-state index in [2.05, 4.69) is 0 Å². The highest BCUT2D eigenvalue weighted by molar-refractivity contribution is 8.11. The number of unbranched alkanes of at least 4 members (excludes halogenated alkanes) is 2. The lowest BCUT2D eigenvalue weighted by molar-refractivity contribution is -0.0480. The fourth-order valence-electron chi connectivity index (χ4n) is 3.44. The molecule has 0 aliphatic heterocycles. The second kappa shape index (κ2) is 6.90. The number of hydrogen-bond donors (Lipinski definition) is 0. The first-order valence-corrected chi connectivity index (χ1v) is 10.7. The molecule has 4 nitrogen and oxygen atoms in total. The van der Waals surface area contributed by atoms with Gasteiger partial charge in [0.05, 0.1) is 0 Å². The van der Waals surface area contributed by atoms with Crippen LogP contribution in [-0.2, 0) is 19.7 Å². The van der Waals surface area contributed by atoms with Crippen molar-refractivity contribution in [3.8, 4) is 0 Å². The fraction of sp³-hybridized carbons (Fsp3) is 1.00. The van der Waals surface area contributed by atoms with Gasteiger partial charge in [-0.3, -0.25) is 0 Å². The second-order valence-corrected chi connectivity index (χ2v) is 10.7. The van der Waals surface area contributed by atoms with E-state index in [4.69, 9.17) is 0 Å². The van der Waals surface area contributed by atoms with Crippen LogP contribution in [0.5, 0.6) is 0 Å². The lowest BCUT2D eigenvalue weighted by Crippen LogP contribution is -2.49. The van der Waals surface area contributed by atoms with Crippen LogP contribution >= 0.6 is 0 Å². The van der Waals surface area contributed by atoms with Gasteiger partial charge in [-0.15, -0.1) is 0 Å². The largest absolute Gasteiger partial charge is 0.498 e. The third-order valence-corrected chi connectivity index (χ3v) is 10.0. The van der Waals surface area contributed by atoms with E-state index >= 15 is 0 Å². The highest BCUT2D eigenvalue weighted by Gasteiger charge is 2.87. The Bertz CT molecular complexity index is 618. The van der Waals surface area contributed by atoms with Crippen LogP contribution in [0.4, 0.5) is 26.3 Å². The third-order valence-electron chi connectivity index (χ3n) is 4.60. The zero-order valence-corrected chi connectivity index (χ0v) is 15.2. The quantitative estimate of drug-likeness (QED) is 0.555. The molecular weight excluding hydrogens is 398 g/mol. The molecule has 1 saturated carbocycles. The highest BCUT2D eigenvalue weighted by atomic mass is 32.3. The third kappa shape index (κ3) is 3.28. The summed E-state index contributed by atoms with van der Waals surface area (Å²) < 4.78 is 122. The van der Waals surface area contributed by atoms with E-state index in [0.717, 1.165) is 0 Å². The Morgan fingerprint density at radius 2 is 1.00 bits per heavy atom. The predicted molar refractivity (Wildman–Crippen MR) is 78.7 cm³/mol. The molecular formula is C13H20F6O4S2. The van der Waals surface area contributed by atoms with Gasteiger partial charge in [0.2, 0.25) is 0 Å². The standard InChI is InChI=1S/C13H20F6O4S2/c1-3-5-7-9-10(8-6-4-2)11(9,24(20,21)12(14,15)16)25(22,23)13(17,18)19/h9-10H,3-8H2,1-2H3/t9-,10-/m1/s1. The number of halogens is 6. The maximum absolute atomic E-state index is 13.1. The number of hydrogen-bond acceptors (Lipinski definition) is 4. The summed E-state index contributed by atoms with van der Waals surface area (Å²) in [7, 11) is -13.1. The predicted octanol–water partition coefficient (Wildman–Crippen LogP) is 4.18. The molecule has 150 valence electrons. The van der Waals surface area contributed by atoms with Crippen molar-refractivity contribution in [2.45, 2.75) is 67.5 Å². The Balaban J connectivity index is 3.65. The molecule has 1 fully saturated rings. The Morgan fingerprint density at radius 1 is 0.720 bits per heavy atom. The minimum absolute atomic E-state index is 0.135. The molecule has 0 N–H and O–H groups in total. The fourth-order valence-corrected chi connectivity index (χ4v) is 8.47. The Kier molecular flexibility index (Phi) is 6.21. The number of sulfone groups is 2. The first kappa shape index (κ1) is 22.5. The van der Waals surface area contributed by atoms with E-state index in [1.165, 1.54) is 0 Å². The van der Waals surface area contributed by atoms with E-state index in [-0.39, 0.29) is 25.7 Å². The van der Waals surface area contributed by atoms with Gasteiger partial charge in [-0.25, -0.2) is 16.8 Å².